The zero-order chi connectivity index (χ0) is 14.0. The molecule has 2 N–H and O–H groups in total. The van der Waals surface area contributed by atoms with Gasteiger partial charge in [0, 0.05) is 5.56 Å². The molecule has 2 rings (SSSR count). The van der Waals surface area contributed by atoms with Crippen molar-refractivity contribution in [3.63, 3.8) is 0 Å². The third-order valence-electron chi connectivity index (χ3n) is 2.52. The molecule has 0 radical (unpaired) electrons. The fourth-order valence-corrected chi connectivity index (χ4v) is 1.84. The Morgan fingerprint density at radius 2 is 1.95 bits per heavy atom. The van der Waals surface area contributed by atoms with E-state index in [1.165, 1.54) is 7.11 Å². The maximum absolute atomic E-state index is 11.5. The van der Waals surface area contributed by atoms with Crippen molar-refractivity contribution in [1.82, 2.24) is 4.98 Å². The van der Waals surface area contributed by atoms with E-state index in [1.807, 2.05) is 0 Å². The zero-order valence-electron chi connectivity index (χ0n) is 9.98. The van der Waals surface area contributed by atoms with Crippen molar-refractivity contribution in [1.29, 1.82) is 0 Å². The SMILES string of the molecule is COC(=O)c1nc(-c2ccc(Cl)c(Cl)c2)ccc1N. The Labute approximate surface area is 120 Å². The number of esters is 1. The number of benzene rings is 1. The number of nitrogens with two attached hydrogens (primary N) is 1. The first-order valence-electron chi connectivity index (χ1n) is 5.33. The highest BCUT2D eigenvalue weighted by molar-refractivity contribution is 6.42. The third kappa shape index (κ3) is 2.80. The molecule has 0 spiro atoms. The lowest BCUT2D eigenvalue weighted by atomic mass is 10.1. The number of aromatic nitrogens is 1. The summed E-state index contributed by atoms with van der Waals surface area (Å²) >= 11 is 11.8. The van der Waals surface area contributed by atoms with E-state index < -0.39 is 5.97 Å². The molecule has 0 atom stereocenters. The highest BCUT2D eigenvalue weighted by Gasteiger charge is 2.13. The Morgan fingerprint density at radius 3 is 2.58 bits per heavy atom. The van der Waals surface area contributed by atoms with Crippen molar-refractivity contribution < 1.29 is 9.53 Å². The number of rotatable bonds is 2. The number of methoxy groups -OCH3 is 1. The number of hydrogen-bond acceptors (Lipinski definition) is 4. The van der Waals surface area contributed by atoms with E-state index >= 15 is 0 Å². The molecule has 0 aliphatic rings. The molecule has 98 valence electrons. The maximum atomic E-state index is 11.5. The number of halogens is 2. The van der Waals surface area contributed by atoms with Crippen LogP contribution < -0.4 is 5.73 Å². The molecule has 0 fully saturated rings. The van der Waals surface area contributed by atoms with E-state index in [1.54, 1.807) is 30.3 Å². The summed E-state index contributed by atoms with van der Waals surface area (Å²) in [6.45, 7) is 0. The second-order valence-electron chi connectivity index (χ2n) is 3.75. The van der Waals surface area contributed by atoms with E-state index in [2.05, 4.69) is 9.72 Å². The van der Waals surface area contributed by atoms with Crippen molar-refractivity contribution in [3.8, 4) is 11.3 Å². The fraction of sp³-hybridized carbons (Fsp3) is 0.0769. The van der Waals surface area contributed by atoms with Crippen LogP contribution in [0.25, 0.3) is 11.3 Å². The predicted octanol–water partition coefficient (Wildman–Crippen LogP) is 3.42. The van der Waals surface area contributed by atoms with Crippen LogP contribution in [-0.4, -0.2) is 18.1 Å². The van der Waals surface area contributed by atoms with Gasteiger partial charge in [-0.15, -0.1) is 0 Å². The number of carbonyl (C=O) groups is 1. The molecule has 1 aromatic carbocycles. The van der Waals surface area contributed by atoms with Gasteiger partial charge in [0.2, 0.25) is 0 Å². The normalized spacial score (nSPS) is 10.3. The Kier molecular flexibility index (Phi) is 3.93. The number of nitrogen functional groups attached to an aromatic ring is 1. The molecule has 0 aliphatic carbocycles. The molecule has 0 unspecified atom stereocenters. The van der Waals surface area contributed by atoms with E-state index in [0.717, 1.165) is 5.56 Å². The van der Waals surface area contributed by atoms with Crippen LogP contribution in [0.1, 0.15) is 10.5 Å². The number of carbonyl (C=O) groups excluding carboxylic acids is 1. The van der Waals surface area contributed by atoms with Crippen molar-refractivity contribution in [2.75, 3.05) is 12.8 Å². The second kappa shape index (κ2) is 5.47. The molecule has 0 bridgehead atoms. The summed E-state index contributed by atoms with van der Waals surface area (Å²) in [6.07, 6.45) is 0. The van der Waals surface area contributed by atoms with Gasteiger partial charge in [0.05, 0.1) is 28.5 Å². The first-order valence-corrected chi connectivity index (χ1v) is 6.08. The van der Waals surface area contributed by atoms with Gasteiger partial charge in [0.1, 0.15) is 0 Å². The van der Waals surface area contributed by atoms with E-state index in [9.17, 15) is 4.79 Å². The molecule has 4 nitrogen and oxygen atoms in total. The van der Waals surface area contributed by atoms with Crippen molar-refractivity contribution in [2.45, 2.75) is 0 Å². The molecule has 0 aliphatic heterocycles. The van der Waals surface area contributed by atoms with Crippen LogP contribution in [-0.2, 0) is 4.74 Å². The summed E-state index contributed by atoms with van der Waals surface area (Å²) in [5, 5.41) is 0.867. The molecule has 2 aromatic rings. The van der Waals surface area contributed by atoms with Crippen LogP contribution in [0.2, 0.25) is 10.0 Å². The lowest BCUT2D eigenvalue weighted by Gasteiger charge is -2.07. The van der Waals surface area contributed by atoms with Gasteiger partial charge in [-0.25, -0.2) is 9.78 Å². The summed E-state index contributed by atoms with van der Waals surface area (Å²) in [6, 6.07) is 8.38. The molecule has 0 amide bonds. The average molecular weight is 297 g/mol. The number of nitrogens with zero attached hydrogens (tertiary/aromatic N) is 1. The van der Waals surface area contributed by atoms with Crippen LogP contribution in [0.15, 0.2) is 30.3 Å². The molecule has 1 aromatic heterocycles. The summed E-state index contributed by atoms with van der Waals surface area (Å²) < 4.78 is 4.62. The van der Waals surface area contributed by atoms with Crippen molar-refractivity contribution in [2.24, 2.45) is 0 Å². The smallest absolute Gasteiger partial charge is 0.358 e. The zero-order valence-corrected chi connectivity index (χ0v) is 11.5. The predicted molar refractivity (Wildman–Crippen MR) is 75.4 cm³/mol. The van der Waals surface area contributed by atoms with Gasteiger partial charge < -0.3 is 10.5 Å². The minimum absolute atomic E-state index is 0.0751. The molecule has 1 heterocycles. The molecule has 0 saturated heterocycles. The standard InChI is InChI=1S/C13H10Cl2N2O2/c1-19-13(18)12-10(16)4-5-11(17-12)7-2-3-8(14)9(15)6-7/h2-6H,16H2,1H3. The topological polar surface area (TPSA) is 65.2 Å². The monoisotopic (exact) mass is 296 g/mol. The van der Waals surface area contributed by atoms with Crippen molar-refractivity contribution >= 4 is 34.9 Å². The van der Waals surface area contributed by atoms with Crippen LogP contribution in [0.4, 0.5) is 5.69 Å². The summed E-state index contributed by atoms with van der Waals surface area (Å²) in [5.41, 5.74) is 7.32. The number of anilines is 1. The Balaban J connectivity index is 2.51. The minimum atomic E-state index is -0.584. The van der Waals surface area contributed by atoms with Gasteiger partial charge in [-0.2, -0.15) is 0 Å². The molecule has 6 heteroatoms. The van der Waals surface area contributed by atoms with Gasteiger partial charge in [0.15, 0.2) is 5.69 Å². The first-order chi connectivity index (χ1) is 9.02. The number of ether oxygens (including phenoxy) is 1. The largest absolute Gasteiger partial charge is 0.464 e. The first kappa shape index (κ1) is 13.6. The van der Waals surface area contributed by atoms with E-state index in [4.69, 9.17) is 28.9 Å². The lowest BCUT2D eigenvalue weighted by Crippen LogP contribution is -2.08. The quantitative estimate of drug-likeness (QED) is 0.862. The second-order valence-corrected chi connectivity index (χ2v) is 4.57. The Hall–Kier alpha value is -1.78. The molecular formula is C13H10Cl2N2O2. The molecule has 0 saturated carbocycles. The van der Waals surface area contributed by atoms with Gasteiger partial charge in [0.25, 0.3) is 0 Å². The Morgan fingerprint density at radius 1 is 1.21 bits per heavy atom. The van der Waals surface area contributed by atoms with Gasteiger partial charge >= 0.3 is 5.97 Å². The van der Waals surface area contributed by atoms with Crippen LogP contribution in [0.3, 0.4) is 0 Å². The molecular weight excluding hydrogens is 287 g/mol. The van der Waals surface area contributed by atoms with Crippen LogP contribution >= 0.6 is 23.2 Å². The Bertz CT molecular complexity index is 645. The third-order valence-corrected chi connectivity index (χ3v) is 3.26. The van der Waals surface area contributed by atoms with Gasteiger partial charge in [-0.05, 0) is 24.3 Å². The average Bonchev–Trinajstić information content (AvgIpc) is 2.41. The highest BCUT2D eigenvalue weighted by atomic mass is 35.5. The highest BCUT2D eigenvalue weighted by Crippen LogP contribution is 2.28. The maximum Gasteiger partial charge on any atom is 0.358 e. The van der Waals surface area contributed by atoms with Crippen molar-refractivity contribution in [3.05, 3.63) is 46.1 Å². The number of pyridine rings is 1. The van der Waals surface area contributed by atoms with Gasteiger partial charge in [-0.3, -0.25) is 0 Å². The number of hydrogen-bond donors (Lipinski definition) is 1. The van der Waals surface area contributed by atoms with Crippen LogP contribution in [0, 0.1) is 0 Å². The fourth-order valence-electron chi connectivity index (χ4n) is 1.55. The van der Waals surface area contributed by atoms with Crippen LogP contribution in [0.5, 0.6) is 0 Å². The molecule has 19 heavy (non-hydrogen) atoms. The lowest BCUT2D eigenvalue weighted by molar-refractivity contribution is 0.0595. The summed E-state index contributed by atoms with van der Waals surface area (Å²) in [5.74, 6) is -0.584. The minimum Gasteiger partial charge on any atom is -0.464 e. The summed E-state index contributed by atoms with van der Waals surface area (Å²) in [7, 11) is 1.27. The summed E-state index contributed by atoms with van der Waals surface area (Å²) in [4.78, 5) is 15.7. The van der Waals surface area contributed by atoms with Gasteiger partial charge in [-0.1, -0.05) is 29.3 Å². The van der Waals surface area contributed by atoms with E-state index in [-0.39, 0.29) is 11.4 Å². The van der Waals surface area contributed by atoms with E-state index in [0.29, 0.717) is 15.7 Å².